The van der Waals surface area contributed by atoms with Crippen LogP contribution in [0.15, 0.2) is 24.3 Å². The van der Waals surface area contributed by atoms with Gasteiger partial charge in [0, 0.05) is 0 Å². The molecule has 1 unspecified atom stereocenters. The molecule has 17 heavy (non-hydrogen) atoms. The summed E-state index contributed by atoms with van der Waals surface area (Å²) in [6.07, 6.45) is 1.03. The first-order valence-corrected chi connectivity index (χ1v) is 5.73. The number of ether oxygens (including phenoxy) is 1. The van der Waals surface area contributed by atoms with Gasteiger partial charge in [-0.1, -0.05) is 19.8 Å². The highest BCUT2D eigenvalue weighted by Gasteiger charge is 2.11. The van der Waals surface area contributed by atoms with E-state index >= 15 is 0 Å². The van der Waals surface area contributed by atoms with Gasteiger partial charge >= 0.3 is 5.97 Å². The van der Waals surface area contributed by atoms with E-state index in [9.17, 15) is 9.18 Å². The summed E-state index contributed by atoms with van der Waals surface area (Å²) in [5.41, 5.74) is 0.311. The normalized spacial score (nSPS) is 12.1. The Bertz CT molecular complexity index is 348. The number of aromatic hydroxyl groups is 1. The molecule has 3 nitrogen and oxygen atoms in total. The molecule has 1 rings (SSSR count). The van der Waals surface area contributed by atoms with Gasteiger partial charge in [0.2, 0.25) is 0 Å². The lowest BCUT2D eigenvalue weighted by Crippen LogP contribution is -2.15. The molecule has 0 aliphatic heterocycles. The van der Waals surface area contributed by atoms with Crippen LogP contribution in [0.3, 0.4) is 0 Å². The van der Waals surface area contributed by atoms with E-state index in [1.54, 1.807) is 0 Å². The van der Waals surface area contributed by atoms with Crippen molar-refractivity contribution in [2.75, 3.05) is 6.61 Å². The van der Waals surface area contributed by atoms with Crippen molar-refractivity contribution >= 4 is 5.97 Å². The van der Waals surface area contributed by atoms with Crippen LogP contribution in [-0.2, 0) is 4.74 Å². The van der Waals surface area contributed by atoms with Crippen LogP contribution in [0.25, 0.3) is 0 Å². The number of halogens is 1. The minimum absolute atomic E-state index is 0.0767. The fourth-order valence-corrected chi connectivity index (χ4v) is 1.36. The second-order valence-corrected chi connectivity index (χ2v) is 3.88. The van der Waals surface area contributed by atoms with E-state index in [-0.39, 0.29) is 12.4 Å². The molecule has 94 valence electrons. The molecule has 0 aromatic heterocycles. The zero-order valence-corrected chi connectivity index (χ0v) is 9.86. The molecule has 0 bridgehead atoms. The average molecular weight is 240 g/mol. The van der Waals surface area contributed by atoms with Crippen molar-refractivity contribution in [3.63, 3.8) is 0 Å². The predicted octanol–water partition coefficient (Wildman–Crippen LogP) is 3.08. The van der Waals surface area contributed by atoms with E-state index < -0.39 is 12.1 Å². The summed E-state index contributed by atoms with van der Waals surface area (Å²) >= 11 is 0. The Balaban J connectivity index is 2.36. The second kappa shape index (κ2) is 6.89. The highest BCUT2D eigenvalue weighted by atomic mass is 19.1. The Hall–Kier alpha value is -1.58. The lowest BCUT2D eigenvalue weighted by molar-refractivity contribution is 0.0389. The van der Waals surface area contributed by atoms with Crippen LogP contribution in [0, 0.1) is 0 Å². The number of phenols is 1. The first kappa shape index (κ1) is 13.5. The topological polar surface area (TPSA) is 46.5 Å². The molecule has 1 atom stereocenters. The van der Waals surface area contributed by atoms with Gasteiger partial charge in [-0.15, -0.1) is 0 Å². The standard InChI is InChI=1S/C13H17FO3/c1-2-3-4-11(14)9-17-13(16)10-5-7-12(15)8-6-10/h5-8,11,15H,2-4,9H2,1H3. The molecule has 0 aliphatic rings. The minimum atomic E-state index is -1.10. The third-order valence-electron chi connectivity index (χ3n) is 2.37. The number of phenolic OH excluding ortho intramolecular Hbond substituents is 1. The number of carbonyl (C=O) groups excluding carboxylic acids is 1. The van der Waals surface area contributed by atoms with E-state index in [2.05, 4.69) is 0 Å². The lowest BCUT2D eigenvalue weighted by atomic mass is 10.2. The SMILES string of the molecule is CCCCC(F)COC(=O)c1ccc(O)cc1. The maximum atomic E-state index is 13.2. The number of esters is 1. The molecule has 4 heteroatoms. The van der Waals surface area contributed by atoms with Gasteiger partial charge in [-0.3, -0.25) is 0 Å². The highest BCUT2D eigenvalue weighted by Crippen LogP contribution is 2.11. The summed E-state index contributed by atoms with van der Waals surface area (Å²) in [4.78, 5) is 11.5. The number of benzene rings is 1. The molecule has 0 spiro atoms. The number of rotatable bonds is 6. The smallest absolute Gasteiger partial charge is 0.338 e. The van der Waals surface area contributed by atoms with Crippen LogP contribution in [0.1, 0.15) is 36.5 Å². The number of hydrogen-bond acceptors (Lipinski definition) is 3. The minimum Gasteiger partial charge on any atom is -0.508 e. The van der Waals surface area contributed by atoms with Crippen LogP contribution in [0.4, 0.5) is 4.39 Å². The van der Waals surface area contributed by atoms with Gasteiger partial charge < -0.3 is 9.84 Å². The molecule has 1 aromatic rings. The van der Waals surface area contributed by atoms with Crippen LogP contribution >= 0.6 is 0 Å². The number of unbranched alkanes of at least 4 members (excludes halogenated alkanes) is 1. The lowest BCUT2D eigenvalue weighted by Gasteiger charge is -2.08. The van der Waals surface area contributed by atoms with Crippen LogP contribution < -0.4 is 0 Å². The molecule has 0 saturated heterocycles. The van der Waals surface area contributed by atoms with Crippen LogP contribution in [-0.4, -0.2) is 23.9 Å². The Morgan fingerprint density at radius 2 is 2.06 bits per heavy atom. The third-order valence-corrected chi connectivity index (χ3v) is 2.37. The van der Waals surface area contributed by atoms with Crippen molar-refractivity contribution in [1.29, 1.82) is 0 Å². The first-order chi connectivity index (χ1) is 8.13. The maximum Gasteiger partial charge on any atom is 0.338 e. The second-order valence-electron chi connectivity index (χ2n) is 3.88. The van der Waals surface area contributed by atoms with Crippen molar-refractivity contribution in [3.8, 4) is 5.75 Å². The Morgan fingerprint density at radius 1 is 1.41 bits per heavy atom. The van der Waals surface area contributed by atoms with Gasteiger partial charge in [0.25, 0.3) is 0 Å². The number of hydrogen-bond donors (Lipinski definition) is 1. The summed E-state index contributed by atoms with van der Waals surface area (Å²) in [5, 5.41) is 9.04. The number of alkyl halides is 1. The Morgan fingerprint density at radius 3 is 2.65 bits per heavy atom. The number of carbonyl (C=O) groups is 1. The van der Waals surface area contributed by atoms with Gasteiger partial charge in [-0.05, 0) is 30.7 Å². The molecule has 0 amide bonds. The molecule has 0 radical (unpaired) electrons. The summed E-state index contributed by atoms with van der Waals surface area (Å²) in [7, 11) is 0. The Labute approximate surface area is 100 Å². The molecule has 0 saturated carbocycles. The monoisotopic (exact) mass is 240 g/mol. The van der Waals surface area contributed by atoms with E-state index in [1.165, 1.54) is 24.3 Å². The average Bonchev–Trinajstić information content (AvgIpc) is 2.34. The fraction of sp³-hybridized carbons (Fsp3) is 0.462. The van der Waals surface area contributed by atoms with Crippen molar-refractivity contribution in [2.45, 2.75) is 32.4 Å². The molecular formula is C13H17FO3. The first-order valence-electron chi connectivity index (χ1n) is 5.73. The zero-order chi connectivity index (χ0) is 12.7. The molecule has 1 N–H and O–H groups in total. The van der Waals surface area contributed by atoms with E-state index in [0.29, 0.717) is 12.0 Å². The van der Waals surface area contributed by atoms with E-state index in [1.807, 2.05) is 6.92 Å². The molecular weight excluding hydrogens is 223 g/mol. The van der Waals surface area contributed by atoms with Crippen molar-refractivity contribution in [3.05, 3.63) is 29.8 Å². The van der Waals surface area contributed by atoms with E-state index in [4.69, 9.17) is 9.84 Å². The van der Waals surface area contributed by atoms with Crippen molar-refractivity contribution in [1.82, 2.24) is 0 Å². The van der Waals surface area contributed by atoms with E-state index in [0.717, 1.165) is 12.8 Å². The van der Waals surface area contributed by atoms with Gasteiger partial charge in [0.15, 0.2) is 0 Å². The quantitative estimate of drug-likeness (QED) is 0.777. The van der Waals surface area contributed by atoms with Crippen LogP contribution in [0.2, 0.25) is 0 Å². The largest absolute Gasteiger partial charge is 0.508 e. The van der Waals surface area contributed by atoms with Gasteiger partial charge in [-0.25, -0.2) is 9.18 Å². The highest BCUT2D eigenvalue weighted by molar-refractivity contribution is 5.89. The van der Waals surface area contributed by atoms with Gasteiger partial charge in [-0.2, -0.15) is 0 Å². The molecule has 0 heterocycles. The molecule has 0 fully saturated rings. The fourth-order valence-electron chi connectivity index (χ4n) is 1.36. The van der Waals surface area contributed by atoms with Gasteiger partial charge in [0.05, 0.1) is 5.56 Å². The van der Waals surface area contributed by atoms with Crippen molar-refractivity contribution in [2.24, 2.45) is 0 Å². The molecule has 1 aromatic carbocycles. The summed E-state index contributed by atoms with van der Waals surface area (Å²) in [5.74, 6) is -0.489. The predicted molar refractivity (Wildman–Crippen MR) is 62.8 cm³/mol. The maximum absolute atomic E-state index is 13.2. The van der Waals surface area contributed by atoms with Crippen molar-refractivity contribution < 1.29 is 19.0 Å². The van der Waals surface area contributed by atoms with Gasteiger partial charge in [0.1, 0.15) is 18.5 Å². The molecule has 0 aliphatic carbocycles. The summed E-state index contributed by atoms with van der Waals surface area (Å²) < 4.78 is 18.0. The summed E-state index contributed by atoms with van der Waals surface area (Å²) in [6.45, 7) is 1.77. The summed E-state index contributed by atoms with van der Waals surface area (Å²) in [6, 6.07) is 5.66. The Kier molecular flexibility index (Phi) is 5.46. The third kappa shape index (κ3) is 4.85. The van der Waals surface area contributed by atoms with Crippen LogP contribution in [0.5, 0.6) is 5.75 Å². The zero-order valence-electron chi connectivity index (χ0n) is 9.86.